The van der Waals surface area contributed by atoms with Crippen LogP contribution < -0.4 is 0 Å². The first-order valence-electron chi connectivity index (χ1n) is 8.33. The second-order valence-corrected chi connectivity index (χ2v) is 5.91. The number of carbonyl (C=O) groups excluding carboxylic acids is 4. The second-order valence-electron chi connectivity index (χ2n) is 5.91. The zero-order chi connectivity index (χ0) is 17.9. The Balaban J connectivity index is 2.09. The molecule has 0 unspecified atom stereocenters. The van der Waals surface area contributed by atoms with Crippen molar-refractivity contribution in [3.63, 3.8) is 0 Å². The SMILES string of the molecule is O=C(CO)CCCCCCCCCC(=O)N1C=C(F)C(=O)CC1=O. The summed E-state index contributed by atoms with van der Waals surface area (Å²) in [6.45, 7) is -0.388. The zero-order valence-electron chi connectivity index (χ0n) is 13.8. The standard InChI is InChI=1S/C17H24FNO5/c18-14-11-19(17(24)10-15(14)22)16(23)9-7-5-3-1-2-4-6-8-13(21)12-20/h11,20H,1-10,12H2. The Morgan fingerprint density at radius 2 is 1.54 bits per heavy atom. The minimum Gasteiger partial charge on any atom is -0.389 e. The fourth-order valence-corrected chi connectivity index (χ4v) is 2.46. The number of hydrogen-bond acceptors (Lipinski definition) is 5. The summed E-state index contributed by atoms with van der Waals surface area (Å²) in [6.07, 6.45) is 6.74. The third-order valence-corrected chi connectivity index (χ3v) is 3.88. The number of nitrogens with zero attached hydrogens (tertiary/aromatic N) is 1. The van der Waals surface area contributed by atoms with Crippen LogP contribution in [0.15, 0.2) is 12.0 Å². The van der Waals surface area contributed by atoms with Gasteiger partial charge in [0.25, 0.3) is 0 Å². The lowest BCUT2D eigenvalue weighted by molar-refractivity contribution is -0.143. The molecule has 0 radical (unpaired) electrons. The van der Waals surface area contributed by atoms with E-state index < -0.39 is 29.8 Å². The summed E-state index contributed by atoms with van der Waals surface area (Å²) in [7, 11) is 0. The Hall–Kier alpha value is -1.89. The largest absolute Gasteiger partial charge is 0.389 e. The van der Waals surface area contributed by atoms with E-state index in [1.165, 1.54) is 0 Å². The molecule has 0 saturated heterocycles. The molecule has 24 heavy (non-hydrogen) atoms. The molecule has 6 nitrogen and oxygen atoms in total. The second kappa shape index (κ2) is 10.8. The van der Waals surface area contributed by atoms with Crippen LogP contribution in [0.1, 0.15) is 64.2 Å². The van der Waals surface area contributed by atoms with Crippen LogP contribution in [0.4, 0.5) is 4.39 Å². The minimum atomic E-state index is -1.05. The number of amides is 2. The van der Waals surface area contributed by atoms with E-state index in [1.54, 1.807) is 0 Å². The van der Waals surface area contributed by atoms with Gasteiger partial charge in [0.05, 0.1) is 12.6 Å². The summed E-state index contributed by atoms with van der Waals surface area (Å²) in [6, 6.07) is 0. The molecule has 2 amide bonds. The van der Waals surface area contributed by atoms with Gasteiger partial charge in [-0.05, 0) is 12.8 Å². The number of aliphatic hydroxyl groups excluding tert-OH is 1. The van der Waals surface area contributed by atoms with Crippen molar-refractivity contribution in [2.45, 2.75) is 64.2 Å². The lowest BCUT2D eigenvalue weighted by Crippen LogP contribution is -2.37. The van der Waals surface area contributed by atoms with Gasteiger partial charge in [-0.15, -0.1) is 0 Å². The van der Waals surface area contributed by atoms with Crippen LogP contribution in [0.5, 0.6) is 0 Å². The van der Waals surface area contributed by atoms with Crippen molar-refractivity contribution in [3.05, 3.63) is 12.0 Å². The van der Waals surface area contributed by atoms with E-state index in [2.05, 4.69) is 0 Å². The molecule has 0 aliphatic carbocycles. The number of carbonyl (C=O) groups is 4. The third-order valence-electron chi connectivity index (χ3n) is 3.88. The fourth-order valence-electron chi connectivity index (χ4n) is 2.46. The first kappa shape index (κ1) is 20.2. The van der Waals surface area contributed by atoms with Crippen molar-refractivity contribution in [1.29, 1.82) is 0 Å². The average Bonchev–Trinajstić information content (AvgIpc) is 2.56. The molecule has 0 aromatic rings. The Morgan fingerprint density at radius 1 is 1.00 bits per heavy atom. The topological polar surface area (TPSA) is 91.8 Å². The van der Waals surface area contributed by atoms with Gasteiger partial charge in [0.2, 0.25) is 17.6 Å². The maximum atomic E-state index is 13.2. The quantitative estimate of drug-likeness (QED) is 0.459. The zero-order valence-corrected chi connectivity index (χ0v) is 13.8. The summed E-state index contributed by atoms with van der Waals surface area (Å²) in [5.74, 6) is -3.23. The van der Waals surface area contributed by atoms with Crippen LogP contribution in [0.2, 0.25) is 0 Å². The van der Waals surface area contributed by atoms with Gasteiger partial charge in [-0.1, -0.05) is 32.1 Å². The van der Waals surface area contributed by atoms with Gasteiger partial charge in [0.15, 0.2) is 11.6 Å². The molecule has 1 rings (SSSR count). The molecule has 0 bridgehead atoms. The highest BCUT2D eigenvalue weighted by Crippen LogP contribution is 2.16. The first-order valence-corrected chi connectivity index (χ1v) is 8.33. The first-order chi connectivity index (χ1) is 11.5. The van der Waals surface area contributed by atoms with Gasteiger partial charge < -0.3 is 5.11 Å². The molecular formula is C17H24FNO5. The van der Waals surface area contributed by atoms with E-state index in [-0.39, 0.29) is 18.8 Å². The number of allylic oxidation sites excluding steroid dienone is 1. The maximum absolute atomic E-state index is 13.2. The van der Waals surface area contributed by atoms with Gasteiger partial charge in [0.1, 0.15) is 6.61 Å². The molecule has 0 saturated carbocycles. The summed E-state index contributed by atoms with van der Waals surface area (Å²) in [5, 5.41) is 8.57. The highest BCUT2D eigenvalue weighted by molar-refractivity contribution is 6.13. The highest BCUT2D eigenvalue weighted by atomic mass is 19.1. The molecule has 0 aromatic heterocycles. The lowest BCUT2D eigenvalue weighted by atomic mass is 10.1. The van der Waals surface area contributed by atoms with Crippen LogP contribution in [0.25, 0.3) is 0 Å². The lowest BCUT2D eigenvalue weighted by Gasteiger charge is -2.19. The smallest absolute Gasteiger partial charge is 0.241 e. The number of unbranched alkanes of at least 4 members (excludes halogenated alkanes) is 6. The Labute approximate surface area is 140 Å². The highest BCUT2D eigenvalue weighted by Gasteiger charge is 2.29. The fraction of sp³-hybridized carbons (Fsp3) is 0.647. The summed E-state index contributed by atoms with van der Waals surface area (Å²) < 4.78 is 13.2. The van der Waals surface area contributed by atoms with Gasteiger partial charge in [-0.3, -0.25) is 24.1 Å². The van der Waals surface area contributed by atoms with Crippen LogP contribution >= 0.6 is 0 Å². The van der Waals surface area contributed by atoms with Crippen molar-refractivity contribution in [3.8, 4) is 0 Å². The van der Waals surface area contributed by atoms with E-state index in [0.29, 0.717) is 23.9 Å². The average molecular weight is 341 g/mol. The molecule has 0 spiro atoms. The summed E-state index contributed by atoms with van der Waals surface area (Å²) in [4.78, 5) is 46.0. The van der Waals surface area contributed by atoms with Crippen LogP contribution in [0.3, 0.4) is 0 Å². The van der Waals surface area contributed by atoms with Crippen molar-refractivity contribution in [1.82, 2.24) is 4.90 Å². The predicted molar refractivity (Wildman–Crippen MR) is 84.3 cm³/mol. The number of hydrogen-bond donors (Lipinski definition) is 1. The number of halogens is 1. The van der Waals surface area contributed by atoms with Crippen molar-refractivity contribution in [2.75, 3.05) is 6.61 Å². The number of imide groups is 1. The molecule has 7 heteroatoms. The number of Topliss-reactive ketones (excluding diaryl/α,β-unsaturated/α-hetero) is 2. The molecule has 0 aromatic carbocycles. The number of aliphatic hydroxyl groups is 1. The number of rotatable bonds is 11. The maximum Gasteiger partial charge on any atom is 0.241 e. The van der Waals surface area contributed by atoms with Crippen molar-refractivity contribution >= 4 is 23.4 Å². The van der Waals surface area contributed by atoms with E-state index in [4.69, 9.17) is 5.11 Å². The Kier molecular flexibility index (Phi) is 9.07. The molecule has 1 heterocycles. The van der Waals surface area contributed by atoms with Crippen molar-refractivity contribution < 1.29 is 28.7 Å². The minimum absolute atomic E-state index is 0.132. The summed E-state index contributed by atoms with van der Waals surface area (Å²) in [5.41, 5.74) is 0. The molecule has 1 N–H and O–H groups in total. The van der Waals surface area contributed by atoms with E-state index in [0.717, 1.165) is 38.5 Å². The van der Waals surface area contributed by atoms with Gasteiger partial charge >= 0.3 is 0 Å². The van der Waals surface area contributed by atoms with Crippen LogP contribution in [-0.4, -0.2) is 40.0 Å². The van der Waals surface area contributed by atoms with Gasteiger partial charge in [-0.2, -0.15) is 0 Å². The van der Waals surface area contributed by atoms with Crippen LogP contribution in [0, 0.1) is 0 Å². The normalized spacial score (nSPS) is 14.8. The molecule has 0 fully saturated rings. The Morgan fingerprint density at radius 3 is 2.12 bits per heavy atom. The molecular weight excluding hydrogens is 317 g/mol. The molecule has 134 valence electrons. The van der Waals surface area contributed by atoms with Gasteiger partial charge in [-0.25, -0.2) is 4.39 Å². The summed E-state index contributed by atoms with van der Waals surface area (Å²) >= 11 is 0. The third kappa shape index (κ3) is 7.12. The van der Waals surface area contributed by atoms with E-state index in [1.807, 2.05) is 0 Å². The predicted octanol–water partition coefficient (Wildman–Crippen LogP) is 2.20. The van der Waals surface area contributed by atoms with Gasteiger partial charge in [0, 0.05) is 12.8 Å². The number of ketones is 2. The molecule has 1 aliphatic rings. The van der Waals surface area contributed by atoms with Crippen molar-refractivity contribution in [2.24, 2.45) is 0 Å². The Bertz CT molecular complexity index is 515. The van der Waals surface area contributed by atoms with E-state index in [9.17, 15) is 23.6 Å². The molecule has 0 atom stereocenters. The monoisotopic (exact) mass is 341 g/mol. The van der Waals surface area contributed by atoms with Crippen LogP contribution in [-0.2, 0) is 19.2 Å². The van der Waals surface area contributed by atoms with E-state index >= 15 is 0 Å². The molecule has 1 aliphatic heterocycles.